The minimum Gasteiger partial charge on any atom is -0.504 e. The summed E-state index contributed by atoms with van der Waals surface area (Å²) < 4.78 is 6.52. The van der Waals surface area contributed by atoms with E-state index in [0.717, 1.165) is 0 Å². The Bertz CT molecular complexity index is 702. The van der Waals surface area contributed by atoms with E-state index >= 15 is 0 Å². The van der Waals surface area contributed by atoms with E-state index in [1.165, 1.54) is 10.9 Å². The van der Waals surface area contributed by atoms with Gasteiger partial charge < -0.3 is 15.2 Å². The molecule has 0 spiro atoms. The van der Waals surface area contributed by atoms with Crippen molar-refractivity contribution >= 4 is 11.9 Å². The van der Waals surface area contributed by atoms with Crippen LogP contribution in [0.1, 0.15) is 23.8 Å². The van der Waals surface area contributed by atoms with Gasteiger partial charge in [-0.05, 0) is 25.5 Å². The van der Waals surface area contributed by atoms with E-state index in [-0.39, 0.29) is 11.4 Å². The van der Waals surface area contributed by atoms with Crippen molar-refractivity contribution in [3.63, 3.8) is 0 Å². The number of aromatic hydroxyl groups is 1. The normalized spacial score (nSPS) is 10.3. The van der Waals surface area contributed by atoms with E-state index < -0.39 is 11.9 Å². The monoisotopic (exact) mass is 347 g/mol. The van der Waals surface area contributed by atoms with Crippen LogP contribution >= 0.6 is 0 Å². The highest BCUT2D eigenvalue weighted by Crippen LogP contribution is 2.17. The van der Waals surface area contributed by atoms with E-state index in [2.05, 4.69) is 21.3 Å². The summed E-state index contributed by atoms with van der Waals surface area (Å²) in [6, 6.07) is 8.46. The molecule has 4 N–H and O–H groups in total. The third kappa shape index (κ3) is 5.50. The molecule has 0 radical (unpaired) electrons. The van der Waals surface area contributed by atoms with Crippen molar-refractivity contribution in [1.82, 2.24) is 25.9 Å². The topological polar surface area (TPSA) is 118 Å². The number of rotatable bonds is 7. The van der Waals surface area contributed by atoms with Crippen molar-refractivity contribution in [3.8, 4) is 11.4 Å². The molecule has 0 unspecified atom stereocenters. The first-order chi connectivity index (χ1) is 12.1. The lowest BCUT2D eigenvalue weighted by Gasteiger charge is -2.08. The number of hydrazine groups is 1. The third-order valence-electron chi connectivity index (χ3n) is 3.18. The number of amides is 3. The molecular formula is C16H21N5O4. The van der Waals surface area contributed by atoms with Crippen LogP contribution in [0.4, 0.5) is 4.79 Å². The number of carbonyl (C=O) groups is 2. The van der Waals surface area contributed by atoms with Gasteiger partial charge in [-0.15, -0.1) is 0 Å². The van der Waals surface area contributed by atoms with Crippen LogP contribution in [0.15, 0.2) is 36.5 Å². The van der Waals surface area contributed by atoms with Gasteiger partial charge in [0.05, 0.1) is 11.9 Å². The van der Waals surface area contributed by atoms with Gasteiger partial charge in [-0.25, -0.2) is 14.9 Å². The van der Waals surface area contributed by atoms with E-state index in [1.807, 2.05) is 25.1 Å². The number of aromatic nitrogens is 2. The maximum atomic E-state index is 12.0. The summed E-state index contributed by atoms with van der Waals surface area (Å²) in [6.07, 6.45) is 1.98. The molecule has 9 nitrogen and oxygen atoms in total. The van der Waals surface area contributed by atoms with Crippen LogP contribution in [0.3, 0.4) is 0 Å². The molecule has 2 rings (SSSR count). The minimum atomic E-state index is -0.725. The first-order valence-electron chi connectivity index (χ1n) is 7.87. The molecule has 0 aliphatic heterocycles. The van der Waals surface area contributed by atoms with Crippen molar-refractivity contribution in [2.45, 2.75) is 13.3 Å². The predicted molar refractivity (Wildman–Crippen MR) is 90.3 cm³/mol. The molecule has 0 aliphatic carbocycles. The van der Waals surface area contributed by atoms with E-state index in [1.54, 1.807) is 12.1 Å². The van der Waals surface area contributed by atoms with Crippen LogP contribution < -0.4 is 16.2 Å². The quantitative estimate of drug-likeness (QED) is 0.439. The number of nitrogens with zero attached hydrogens (tertiary/aromatic N) is 2. The molecule has 0 fully saturated rings. The molecule has 0 saturated carbocycles. The van der Waals surface area contributed by atoms with Crippen molar-refractivity contribution in [2.75, 3.05) is 19.8 Å². The van der Waals surface area contributed by atoms with Gasteiger partial charge in [0, 0.05) is 19.8 Å². The highest BCUT2D eigenvalue weighted by atomic mass is 16.5. The average molecular weight is 347 g/mol. The predicted octanol–water partition coefficient (Wildman–Crippen LogP) is 0.949. The molecule has 3 amide bonds. The molecule has 0 saturated heterocycles. The van der Waals surface area contributed by atoms with Gasteiger partial charge in [0.2, 0.25) is 0 Å². The number of ether oxygens (including phenoxy) is 1. The fourth-order valence-electron chi connectivity index (χ4n) is 1.98. The largest absolute Gasteiger partial charge is 0.504 e. The number of nitrogens with one attached hydrogen (secondary N) is 3. The highest BCUT2D eigenvalue weighted by Gasteiger charge is 2.17. The molecule has 1 heterocycles. The maximum Gasteiger partial charge on any atom is 0.333 e. The first kappa shape index (κ1) is 18.3. The van der Waals surface area contributed by atoms with Crippen molar-refractivity contribution < 1.29 is 19.4 Å². The first-order valence-corrected chi connectivity index (χ1v) is 7.87. The van der Waals surface area contributed by atoms with Crippen LogP contribution in [-0.2, 0) is 4.74 Å². The minimum absolute atomic E-state index is 0.194. The molecule has 134 valence electrons. The van der Waals surface area contributed by atoms with Crippen molar-refractivity contribution in [3.05, 3.63) is 42.2 Å². The average Bonchev–Trinajstić information content (AvgIpc) is 3.02. The molecule has 1 aromatic heterocycles. The van der Waals surface area contributed by atoms with Crippen LogP contribution in [0.2, 0.25) is 0 Å². The number of urea groups is 1. The van der Waals surface area contributed by atoms with Crippen LogP contribution in [0, 0.1) is 0 Å². The second-order valence-electron chi connectivity index (χ2n) is 5.03. The Balaban J connectivity index is 1.83. The Kier molecular flexibility index (Phi) is 6.78. The summed E-state index contributed by atoms with van der Waals surface area (Å²) in [5, 5.41) is 16.4. The Morgan fingerprint density at radius 3 is 2.72 bits per heavy atom. The molecule has 9 heteroatoms. The van der Waals surface area contributed by atoms with Gasteiger partial charge in [-0.2, -0.15) is 5.10 Å². The summed E-state index contributed by atoms with van der Waals surface area (Å²) >= 11 is 0. The van der Waals surface area contributed by atoms with Crippen molar-refractivity contribution in [1.29, 1.82) is 0 Å². The van der Waals surface area contributed by atoms with Gasteiger partial charge in [0.25, 0.3) is 5.91 Å². The fourth-order valence-corrected chi connectivity index (χ4v) is 1.98. The smallest absolute Gasteiger partial charge is 0.333 e. The molecule has 25 heavy (non-hydrogen) atoms. The summed E-state index contributed by atoms with van der Waals surface area (Å²) in [7, 11) is 0. The molecule has 0 aliphatic rings. The van der Waals surface area contributed by atoms with E-state index in [0.29, 0.717) is 31.9 Å². The SMILES string of the molecule is CCOCCCNC(=O)NNC(=O)c1nn(-c2ccccc2)cc1O. The molecular weight excluding hydrogens is 326 g/mol. The Morgan fingerprint density at radius 2 is 2.00 bits per heavy atom. The maximum absolute atomic E-state index is 12.0. The van der Waals surface area contributed by atoms with Gasteiger partial charge >= 0.3 is 6.03 Å². The summed E-state index contributed by atoms with van der Waals surface area (Å²) in [4.78, 5) is 23.6. The number of benzene rings is 1. The Labute approximate surface area is 145 Å². The zero-order valence-corrected chi connectivity index (χ0v) is 13.9. The number of hydrogen-bond donors (Lipinski definition) is 4. The van der Waals surface area contributed by atoms with Gasteiger partial charge in [0.1, 0.15) is 0 Å². The molecule has 2 aromatic rings. The summed E-state index contributed by atoms with van der Waals surface area (Å²) in [5.74, 6) is -1.02. The molecule has 0 atom stereocenters. The van der Waals surface area contributed by atoms with E-state index in [9.17, 15) is 14.7 Å². The molecule has 1 aromatic carbocycles. The lowest BCUT2D eigenvalue weighted by molar-refractivity contribution is 0.0927. The van der Waals surface area contributed by atoms with Crippen molar-refractivity contribution in [2.24, 2.45) is 0 Å². The number of hydrogen-bond acceptors (Lipinski definition) is 5. The second-order valence-corrected chi connectivity index (χ2v) is 5.03. The van der Waals surface area contributed by atoms with Crippen LogP contribution in [0.25, 0.3) is 5.69 Å². The van der Waals surface area contributed by atoms with Gasteiger partial charge in [-0.3, -0.25) is 10.2 Å². The van der Waals surface area contributed by atoms with Gasteiger partial charge in [0.15, 0.2) is 11.4 Å². The number of para-hydroxylation sites is 1. The fraction of sp³-hybridized carbons (Fsp3) is 0.312. The lowest BCUT2D eigenvalue weighted by atomic mass is 10.3. The number of carbonyl (C=O) groups excluding carboxylic acids is 2. The third-order valence-corrected chi connectivity index (χ3v) is 3.18. The summed E-state index contributed by atoms with van der Waals surface area (Å²) in [5.41, 5.74) is 4.88. The lowest BCUT2D eigenvalue weighted by Crippen LogP contribution is -2.47. The van der Waals surface area contributed by atoms with Crippen LogP contribution in [0.5, 0.6) is 5.75 Å². The second kappa shape index (κ2) is 9.28. The molecule has 0 bridgehead atoms. The zero-order valence-electron chi connectivity index (χ0n) is 13.9. The van der Waals surface area contributed by atoms with Gasteiger partial charge in [-0.1, -0.05) is 18.2 Å². The highest BCUT2D eigenvalue weighted by molar-refractivity contribution is 5.95. The Hall–Kier alpha value is -3.07. The standard InChI is InChI=1S/C16H21N5O4/c1-2-25-10-6-9-17-16(24)19-18-15(23)14-13(22)11-21(20-14)12-7-4-3-5-8-12/h3-5,7-8,11,22H,2,6,9-10H2,1H3,(H,18,23)(H2,17,19,24). The van der Waals surface area contributed by atoms with Crippen LogP contribution in [-0.4, -0.2) is 46.6 Å². The van der Waals surface area contributed by atoms with E-state index in [4.69, 9.17) is 4.74 Å². The Morgan fingerprint density at radius 1 is 1.24 bits per heavy atom. The zero-order chi connectivity index (χ0) is 18.1. The summed E-state index contributed by atoms with van der Waals surface area (Å²) in [6.45, 7) is 3.48.